The summed E-state index contributed by atoms with van der Waals surface area (Å²) >= 11 is 11.9. The fraction of sp³-hybridized carbons (Fsp3) is 0.250. The Balaban J connectivity index is 2.16. The van der Waals surface area contributed by atoms with Gasteiger partial charge in [-0.3, -0.25) is 0 Å². The topological polar surface area (TPSA) is 35.2 Å². The number of hydrogen-bond acceptors (Lipinski definition) is 2. The Morgan fingerprint density at radius 2 is 1.85 bits per heavy atom. The van der Waals surface area contributed by atoms with Crippen LogP contribution in [0.3, 0.4) is 0 Å². The summed E-state index contributed by atoms with van der Waals surface area (Å²) in [6.45, 7) is 4.41. The molecule has 0 unspecified atom stereocenters. The van der Waals surface area contributed by atoms with Gasteiger partial charge in [0.25, 0.3) is 0 Å². The molecule has 106 valence electrons. The van der Waals surface area contributed by atoms with Gasteiger partial charge in [0.1, 0.15) is 12.4 Å². The van der Waals surface area contributed by atoms with Gasteiger partial charge in [0, 0.05) is 11.6 Å². The van der Waals surface area contributed by atoms with Crippen molar-refractivity contribution in [3.05, 3.63) is 63.1 Å². The maximum absolute atomic E-state index is 5.99. The largest absolute Gasteiger partial charge is 0.489 e. The monoisotopic (exact) mass is 309 g/mol. The minimum Gasteiger partial charge on any atom is -0.489 e. The number of aryl methyl sites for hydroxylation is 1. The van der Waals surface area contributed by atoms with E-state index in [2.05, 4.69) is 6.07 Å². The fourth-order valence-electron chi connectivity index (χ4n) is 1.95. The number of ether oxygens (including phenoxy) is 1. The lowest BCUT2D eigenvalue weighted by molar-refractivity contribution is 0.301. The van der Waals surface area contributed by atoms with E-state index in [-0.39, 0.29) is 6.04 Å². The quantitative estimate of drug-likeness (QED) is 0.871. The molecule has 0 spiro atoms. The average molecular weight is 310 g/mol. The van der Waals surface area contributed by atoms with E-state index in [4.69, 9.17) is 33.7 Å². The smallest absolute Gasteiger partial charge is 0.124 e. The van der Waals surface area contributed by atoms with E-state index in [9.17, 15) is 0 Å². The lowest BCUT2D eigenvalue weighted by Gasteiger charge is -2.15. The van der Waals surface area contributed by atoms with Crippen LogP contribution in [0.25, 0.3) is 0 Å². The predicted molar refractivity (Wildman–Crippen MR) is 84.6 cm³/mol. The fourth-order valence-corrected chi connectivity index (χ4v) is 2.27. The maximum atomic E-state index is 5.99. The molecule has 0 heterocycles. The highest BCUT2D eigenvalue weighted by atomic mass is 35.5. The van der Waals surface area contributed by atoms with Gasteiger partial charge in [-0.1, -0.05) is 47.0 Å². The third kappa shape index (κ3) is 3.66. The third-order valence-electron chi connectivity index (χ3n) is 3.03. The van der Waals surface area contributed by atoms with Gasteiger partial charge in [-0.2, -0.15) is 0 Å². The summed E-state index contributed by atoms with van der Waals surface area (Å²) in [6, 6.07) is 11.4. The molecule has 0 fully saturated rings. The van der Waals surface area contributed by atoms with Crippen LogP contribution in [-0.2, 0) is 6.61 Å². The van der Waals surface area contributed by atoms with E-state index < -0.39 is 0 Å². The SMILES string of the molecule is Cc1ccc(OCc2ccc(Cl)c(Cl)c2)c([C@@H](C)N)c1. The van der Waals surface area contributed by atoms with E-state index in [1.165, 1.54) is 5.56 Å². The summed E-state index contributed by atoms with van der Waals surface area (Å²) in [5.74, 6) is 0.802. The van der Waals surface area contributed by atoms with Crippen LogP contribution in [0, 0.1) is 6.92 Å². The molecular formula is C16H17Cl2NO. The van der Waals surface area contributed by atoms with Crippen LogP contribution in [0.15, 0.2) is 36.4 Å². The zero-order valence-corrected chi connectivity index (χ0v) is 13.0. The first-order chi connectivity index (χ1) is 9.47. The van der Waals surface area contributed by atoms with Gasteiger partial charge in [0.2, 0.25) is 0 Å². The minimum absolute atomic E-state index is 0.0706. The van der Waals surface area contributed by atoms with Gasteiger partial charge in [0.05, 0.1) is 10.0 Å². The first kappa shape index (κ1) is 15.2. The first-order valence-electron chi connectivity index (χ1n) is 6.40. The normalized spacial score (nSPS) is 12.2. The molecule has 0 bridgehead atoms. The molecule has 0 aliphatic rings. The Hall–Kier alpha value is -1.22. The zero-order valence-electron chi connectivity index (χ0n) is 11.5. The summed E-state index contributed by atoms with van der Waals surface area (Å²) in [5, 5.41) is 1.08. The molecule has 0 amide bonds. The van der Waals surface area contributed by atoms with Crippen molar-refractivity contribution in [2.75, 3.05) is 0 Å². The van der Waals surface area contributed by atoms with Gasteiger partial charge in [-0.15, -0.1) is 0 Å². The molecule has 2 aromatic carbocycles. The van der Waals surface area contributed by atoms with Crippen molar-refractivity contribution in [2.24, 2.45) is 5.73 Å². The van der Waals surface area contributed by atoms with Crippen molar-refractivity contribution in [1.29, 1.82) is 0 Å². The number of benzene rings is 2. The van der Waals surface area contributed by atoms with Gasteiger partial charge in [-0.05, 0) is 37.6 Å². The Morgan fingerprint density at radius 1 is 1.10 bits per heavy atom. The van der Waals surface area contributed by atoms with Crippen molar-refractivity contribution < 1.29 is 4.74 Å². The summed E-state index contributed by atoms with van der Waals surface area (Å²) < 4.78 is 5.85. The number of rotatable bonds is 4. The van der Waals surface area contributed by atoms with Crippen LogP contribution in [0.1, 0.15) is 29.7 Å². The first-order valence-corrected chi connectivity index (χ1v) is 7.16. The minimum atomic E-state index is -0.0706. The van der Waals surface area contributed by atoms with Crippen molar-refractivity contribution in [3.8, 4) is 5.75 Å². The van der Waals surface area contributed by atoms with Crippen LogP contribution < -0.4 is 10.5 Å². The molecule has 0 aromatic heterocycles. The Bertz CT molecular complexity index is 611. The second-order valence-corrected chi connectivity index (χ2v) is 5.68. The lowest BCUT2D eigenvalue weighted by atomic mass is 10.1. The van der Waals surface area contributed by atoms with Crippen molar-refractivity contribution in [3.63, 3.8) is 0 Å². The highest BCUT2D eigenvalue weighted by Gasteiger charge is 2.09. The molecule has 0 radical (unpaired) electrons. The molecule has 2 nitrogen and oxygen atoms in total. The average Bonchev–Trinajstić information content (AvgIpc) is 2.41. The highest BCUT2D eigenvalue weighted by molar-refractivity contribution is 6.42. The predicted octanol–water partition coefficient (Wildman–Crippen LogP) is 4.90. The van der Waals surface area contributed by atoms with E-state index >= 15 is 0 Å². The van der Waals surface area contributed by atoms with E-state index in [1.54, 1.807) is 6.07 Å². The van der Waals surface area contributed by atoms with Gasteiger partial charge >= 0.3 is 0 Å². The molecular weight excluding hydrogens is 293 g/mol. The maximum Gasteiger partial charge on any atom is 0.124 e. The molecule has 2 rings (SSSR count). The standard InChI is InChI=1S/C16H17Cl2NO/c1-10-3-6-16(13(7-10)11(2)19)20-9-12-4-5-14(17)15(18)8-12/h3-8,11H,9,19H2,1-2H3/t11-/m1/s1. The number of hydrogen-bond donors (Lipinski definition) is 1. The van der Waals surface area contributed by atoms with E-state index in [0.717, 1.165) is 16.9 Å². The van der Waals surface area contributed by atoms with Crippen LogP contribution in [0.4, 0.5) is 0 Å². The molecule has 2 aromatic rings. The lowest BCUT2D eigenvalue weighted by Crippen LogP contribution is -2.08. The number of halogens is 2. The van der Waals surface area contributed by atoms with Gasteiger partial charge in [-0.25, -0.2) is 0 Å². The van der Waals surface area contributed by atoms with Crippen LogP contribution in [0.5, 0.6) is 5.75 Å². The highest BCUT2D eigenvalue weighted by Crippen LogP contribution is 2.27. The van der Waals surface area contributed by atoms with Gasteiger partial charge in [0.15, 0.2) is 0 Å². The third-order valence-corrected chi connectivity index (χ3v) is 3.77. The molecule has 0 aliphatic carbocycles. The van der Waals surface area contributed by atoms with Crippen LogP contribution in [-0.4, -0.2) is 0 Å². The molecule has 0 saturated heterocycles. The van der Waals surface area contributed by atoms with Crippen LogP contribution >= 0.6 is 23.2 Å². The molecule has 1 atom stereocenters. The second kappa shape index (κ2) is 6.49. The molecule has 0 aliphatic heterocycles. The summed E-state index contributed by atoms with van der Waals surface area (Å²) in [5.41, 5.74) is 9.12. The van der Waals surface area contributed by atoms with Crippen molar-refractivity contribution >= 4 is 23.2 Å². The van der Waals surface area contributed by atoms with Gasteiger partial charge < -0.3 is 10.5 Å². The Kier molecular flexibility index (Phi) is 4.92. The van der Waals surface area contributed by atoms with Crippen molar-refractivity contribution in [1.82, 2.24) is 0 Å². The number of nitrogens with two attached hydrogens (primary N) is 1. The zero-order chi connectivity index (χ0) is 14.7. The Morgan fingerprint density at radius 3 is 2.50 bits per heavy atom. The second-order valence-electron chi connectivity index (χ2n) is 4.87. The Labute approximate surface area is 129 Å². The molecule has 4 heteroatoms. The van der Waals surface area contributed by atoms with Crippen LogP contribution in [0.2, 0.25) is 10.0 Å². The molecule has 20 heavy (non-hydrogen) atoms. The van der Waals surface area contributed by atoms with E-state index in [0.29, 0.717) is 16.7 Å². The van der Waals surface area contributed by atoms with Crippen molar-refractivity contribution in [2.45, 2.75) is 26.5 Å². The van der Waals surface area contributed by atoms with E-state index in [1.807, 2.05) is 38.1 Å². The summed E-state index contributed by atoms with van der Waals surface area (Å²) in [6.07, 6.45) is 0. The summed E-state index contributed by atoms with van der Waals surface area (Å²) in [7, 11) is 0. The molecule has 0 saturated carbocycles. The summed E-state index contributed by atoms with van der Waals surface area (Å²) in [4.78, 5) is 0. The molecule has 2 N–H and O–H groups in total.